The van der Waals surface area contributed by atoms with Crippen molar-refractivity contribution in [3.63, 3.8) is 0 Å². The van der Waals surface area contributed by atoms with Crippen LogP contribution in [0.3, 0.4) is 0 Å². The van der Waals surface area contributed by atoms with E-state index in [9.17, 15) is 22.9 Å². The number of methoxy groups -OCH3 is 1. The number of ether oxygens (including phenoxy) is 1. The lowest BCUT2D eigenvalue weighted by Gasteiger charge is -2.37. The van der Waals surface area contributed by atoms with E-state index in [1.54, 1.807) is 6.07 Å². The second-order valence-corrected chi connectivity index (χ2v) is 8.49. The molecule has 0 aromatic heterocycles. The number of nitrogens with zero attached hydrogens (tertiary/aromatic N) is 3. The van der Waals surface area contributed by atoms with Gasteiger partial charge in [0.05, 0.1) is 22.6 Å². The van der Waals surface area contributed by atoms with Gasteiger partial charge in [-0.05, 0) is 24.3 Å². The Morgan fingerprint density at radius 3 is 2.14 bits per heavy atom. The summed E-state index contributed by atoms with van der Waals surface area (Å²) in [7, 11) is -2.06. The van der Waals surface area contributed by atoms with Crippen LogP contribution >= 0.6 is 0 Å². The minimum absolute atomic E-state index is 0.0855. The van der Waals surface area contributed by atoms with Gasteiger partial charge in [0.1, 0.15) is 17.3 Å². The van der Waals surface area contributed by atoms with Crippen molar-refractivity contribution < 1.29 is 22.5 Å². The van der Waals surface area contributed by atoms with E-state index in [0.29, 0.717) is 37.6 Å². The summed E-state index contributed by atoms with van der Waals surface area (Å²) in [5.74, 6) is 0.0396. The first-order valence-electron chi connectivity index (χ1n) is 8.52. The van der Waals surface area contributed by atoms with Crippen LogP contribution in [0.2, 0.25) is 0 Å². The first-order valence-corrected chi connectivity index (χ1v) is 10.4. The fourth-order valence-corrected chi connectivity index (χ4v) is 3.89. The summed E-state index contributed by atoms with van der Waals surface area (Å²) in [5, 5.41) is 11.5. The number of nitro benzene ring substituents is 1. The van der Waals surface area contributed by atoms with Gasteiger partial charge in [0.25, 0.3) is 5.69 Å². The first kappa shape index (κ1) is 19.9. The minimum Gasteiger partial charge on any atom is -0.494 e. The molecule has 0 saturated carbocycles. The van der Waals surface area contributed by atoms with Gasteiger partial charge in [-0.2, -0.15) is 0 Å². The molecule has 1 aliphatic rings. The van der Waals surface area contributed by atoms with E-state index in [-0.39, 0.29) is 16.4 Å². The molecule has 0 spiro atoms. The second-order valence-electron chi connectivity index (χ2n) is 6.47. The van der Waals surface area contributed by atoms with Crippen LogP contribution in [-0.4, -0.2) is 52.9 Å². The maximum atomic E-state index is 13.4. The van der Waals surface area contributed by atoms with Crippen molar-refractivity contribution in [2.24, 2.45) is 0 Å². The summed E-state index contributed by atoms with van der Waals surface area (Å²) >= 11 is 0. The highest BCUT2D eigenvalue weighted by Gasteiger charge is 2.26. The van der Waals surface area contributed by atoms with Crippen molar-refractivity contribution in [2.75, 3.05) is 49.3 Å². The van der Waals surface area contributed by atoms with E-state index in [1.807, 2.05) is 9.80 Å². The molecule has 8 nitrogen and oxygen atoms in total. The topological polar surface area (TPSA) is 93.0 Å². The Morgan fingerprint density at radius 1 is 1.04 bits per heavy atom. The highest BCUT2D eigenvalue weighted by atomic mass is 32.2. The molecule has 1 aliphatic heterocycles. The Bertz CT molecular complexity index is 1000. The van der Waals surface area contributed by atoms with Crippen molar-refractivity contribution >= 4 is 26.9 Å². The summed E-state index contributed by atoms with van der Waals surface area (Å²) in [6.07, 6.45) is 1.01. The molecule has 1 heterocycles. The fraction of sp³-hybridized carbons (Fsp3) is 0.333. The molecule has 0 N–H and O–H groups in total. The van der Waals surface area contributed by atoms with Gasteiger partial charge in [-0.1, -0.05) is 0 Å². The maximum Gasteiger partial charge on any atom is 0.293 e. The molecule has 1 saturated heterocycles. The molecule has 1 fully saturated rings. The van der Waals surface area contributed by atoms with Crippen LogP contribution in [0.25, 0.3) is 0 Å². The number of hydrogen-bond donors (Lipinski definition) is 0. The van der Waals surface area contributed by atoms with Crippen molar-refractivity contribution in [3.05, 3.63) is 52.3 Å². The minimum atomic E-state index is -3.54. The quantitative estimate of drug-likeness (QED) is 0.553. The summed E-state index contributed by atoms with van der Waals surface area (Å²) in [6, 6.07) is 8.28. The van der Waals surface area contributed by atoms with E-state index in [1.165, 1.54) is 31.4 Å². The smallest absolute Gasteiger partial charge is 0.293 e. The van der Waals surface area contributed by atoms with Crippen molar-refractivity contribution in [3.8, 4) is 5.75 Å². The van der Waals surface area contributed by atoms with Gasteiger partial charge in [0, 0.05) is 44.6 Å². The van der Waals surface area contributed by atoms with Crippen LogP contribution in [0.5, 0.6) is 5.75 Å². The molecule has 0 radical (unpaired) electrons. The lowest BCUT2D eigenvalue weighted by Crippen LogP contribution is -2.46. The summed E-state index contributed by atoms with van der Waals surface area (Å²) in [6.45, 7) is 2.07. The van der Waals surface area contributed by atoms with Gasteiger partial charge in [-0.25, -0.2) is 12.8 Å². The Morgan fingerprint density at radius 2 is 1.61 bits per heavy atom. The van der Waals surface area contributed by atoms with Crippen LogP contribution in [-0.2, 0) is 9.84 Å². The zero-order chi connectivity index (χ0) is 20.5. The molecule has 0 bridgehead atoms. The van der Waals surface area contributed by atoms with Gasteiger partial charge in [-0.3, -0.25) is 10.1 Å². The fourth-order valence-electron chi connectivity index (χ4n) is 3.25. The highest BCUT2D eigenvalue weighted by molar-refractivity contribution is 7.90. The molecule has 2 aromatic carbocycles. The molecule has 0 atom stereocenters. The highest BCUT2D eigenvalue weighted by Crippen LogP contribution is 2.34. The number of anilines is 2. The van der Waals surface area contributed by atoms with E-state index in [0.717, 1.165) is 18.0 Å². The molecule has 0 aliphatic carbocycles. The van der Waals surface area contributed by atoms with Crippen molar-refractivity contribution in [2.45, 2.75) is 4.90 Å². The molecule has 150 valence electrons. The predicted molar refractivity (Wildman–Crippen MR) is 104 cm³/mol. The number of nitro groups is 1. The number of hydrogen-bond acceptors (Lipinski definition) is 7. The van der Waals surface area contributed by atoms with E-state index < -0.39 is 14.8 Å². The number of piperazine rings is 1. The third-order valence-corrected chi connectivity index (χ3v) is 5.78. The van der Waals surface area contributed by atoms with Crippen LogP contribution < -0.4 is 14.5 Å². The number of rotatable bonds is 5. The van der Waals surface area contributed by atoms with Gasteiger partial charge in [0.2, 0.25) is 0 Å². The first-order chi connectivity index (χ1) is 13.2. The normalized spacial score (nSPS) is 14.8. The lowest BCUT2D eigenvalue weighted by molar-refractivity contribution is -0.384. The zero-order valence-corrected chi connectivity index (χ0v) is 16.3. The molecule has 2 aromatic rings. The number of halogens is 1. The Hall–Kier alpha value is -2.88. The summed E-state index contributed by atoms with van der Waals surface area (Å²) in [5.41, 5.74) is 0.893. The lowest BCUT2D eigenvalue weighted by atomic mass is 10.2. The van der Waals surface area contributed by atoms with Crippen molar-refractivity contribution in [1.82, 2.24) is 0 Å². The number of sulfone groups is 1. The summed E-state index contributed by atoms with van der Waals surface area (Å²) < 4.78 is 42.0. The van der Waals surface area contributed by atoms with Gasteiger partial charge in [0.15, 0.2) is 9.84 Å². The average Bonchev–Trinajstić information content (AvgIpc) is 2.67. The standard InChI is InChI=1S/C18H20FN3O5S/c1-27-18-11-13(19)3-5-16(18)21-9-7-20(8-10-21)15-6-4-14(28(2,25)26)12-17(15)22(23)24/h3-6,11-12H,7-10H2,1-2H3. The van der Waals surface area contributed by atoms with Crippen molar-refractivity contribution in [1.29, 1.82) is 0 Å². The SMILES string of the molecule is COc1cc(F)ccc1N1CCN(c2ccc(S(C)(=O)=O)cc2[N+](=O)[O-])CC1. The molecule has 10 heteroatoms. The third-order valence-electron chi connectivity index (χ3n) is 4.67. The molecule has 0 amide bonds. The number of benzene rings is 2. The maximum absolute atomic E-state index is 13.4. The Kier molecular flexibility index (Phi) is 5.41. The molecule has 0 unspecified atom stereocenters. The predicted octanol–water partition coefficient (Wildman–Crippen LogP) is 2.47. The molecule has 3 rings (SSSR count). The van der Waals surface area contributed by atoms with E-state index >= 15 is 0 Å². The van der Waals surface area contributed by atoms with Gasteiger partial charge < -0.3 is 14.5 Å². The third kappa shape index (κ3) is 4.01. The zero-order valence-electron chi connectivity index (χ0n) is 15.5. The molecular weight excluding hydrogens is 389 g/mol. The second kappa shape index (κ2) is 7.63. The van der Waals surface area contributed by atoms with Crippen LogP contribution in [0, 0.1) is 15.9 Å². The van der Waals surface area contributed by atoms with E-state index in [2.05, 4.69) is 0 Å². The van der Waals surface area contributed by atoms with Crippen LogP contribution in [0.4, 0.5) is 21.5 Å². The largest absolute Gasteiger partial charge is 0.494 e. The monoisotopic (exact) mass is 409 g/mol. The Balaban J connectivity index is 1.83. The molecular formula is C18H20FN3O5S. The van der Waals surface area contributed by atoms with Crippen LogP contribution in [0.1, 0.15) is 0 Å². The van der Waals surface area contributed by atoms with Gasteiger partial charge in [-0.15, -0.1) is 0 Å². The van der Waals surface area contributed by atoms with Crippen LogP contribution in [0.15, 0.2) is 41.3 Å². The van der Waals surface area contributed by atoms with Gasteiger partial charge >= 0.3 is 0 Å². The average molecular weight is 409 g/mol. The Labute approximate surface area is 162 Å². The molecule has 28 heavy (non-hydrogen) atoms. The van der Waals surface area contributed by atoms with E-state index in [4.69, 9.17) is 4.74 Å². The summed E-state index contributed by atoms with van der Waals surface area (Å²) in [4.78, 5) is 14.7.